The zero-order valence-corrected chi connectivity index (χ0v) is 12.0. The van der Waals surface area contributed by atoms with Gasteiger partial charge in [-0.2, -0.15) is 0 Å². The fourth-order valence-corrected chi connectivity index (χ4v) is 3.07. The highest BCUT2D eigenvalue weighted by molar-refractivity contribution is 7.17. The van der Waals surface area contributed by atoms with Gasteiger partial charge < -0.3 is 10.1 Å². The SMILES string of the molecule is COC(=O)c1cnc(NC2CCC(C)(C)CC2)s1. The van der Waals surface area contributed by atoms with Gasteiger partial charge in [0, 0.05) is 6.04 Å². The molecule has 100 valence electrons. The Morgan fingerprint density at radius 1 is 1.50 bits per heavy atom. The van der Waals surface area contributed by atoms with Crippen molar-refractivity contribution in [1.29, 1.82) is 0 Å². The first kappa shape index (κ1) is 13.3. The van der Waals surface area contributed by atoms with Gasteiger partial charge in [0.1, 0.15) is 4.88 Å². The molecule has 0 radical (unpaired) electrons. The molecule has 0 amide bonds. The van der Waals surface area contributed by atoms with Crippen LogP contribution in [0, 0.1) is 5.41 Å². The number of ether oxygens (including phenoxy) is 1. The Labute approximate surface area is 112 Å². The molecule has 0 bridgehead atoms. The van der Waals surface area contributed by atoms with Crippen molar-refractivity contribution in [3.63, 3.8) is 0 Å². The monoisotopic (exact) mass is 268 g/mol. The number of carbonyl (C=O) groups is 1. The molecule has 0 aliphatic heterocycles. The summed E-state index contributed by atoms with van der Waals surface area (Å²) in [6.07, 6.45) is 6.38. The smallest absolute Gasteiger partial charge is 0.349 e. The van der Waals surface area contributed by atoms with Crippen molar-refractivity contribution in [3.05, 3.63) is 11.1 Å². The summed E-state index contributed by atoms with van der Waals surface area (Å²) in [5.74, 6) is -0.315. The van der Waals surface area contributed by atoms with Crippen LogP contribution in [-0.2, 0) is 4.74 Å². The largest absolute Gasteiger partial charge is 0.465 e. The fraction of sp³-hybridized carbons (Fsp3) is 0.692. The predicted octanol–water partition coefficient (Wildman–Crippen LogP) is 3.31. The minimum absolute atomic E-state index is 0.315. The first-order valence-electron chi connectivity index (χ1n) is 6.31. The van der Waals surface area contributed by atoms with E-state index in [1.165, 1.54) is 44.1 Å². The number of hydrogen-bond acceptors (Lipinski definition) is 5. The third-order valence-electron chi connectivity index (χ3n) is 3.56. The molecular formula is C13H20N2O2S. The van der Waals surface area contributed by atoms with E-state index in [2.05, 4.69) is 28.9 Å². The summed E-state index contributed by atoms with van der Waals surface area (Å²) < 4.78 is 4.67. The summed E-state index contributed by atoms with van der Waals surface area (Å²) in [5, 5.41) is 4.24. The van der Waals surface area contributed by atoms with Gasteiger partial charge in [-0.25, -0.2) is 9.78 Å². The van der Waals surface area contributed by atoms with Crippen LogP contribution >= 0.6 is 11.3 Å². The third kappa shape index (κ3) is 3.22. The molecular weight excluding hydrogens is 248 g/mol. The maximum Gasteiger partial charge on any atom is 0.349 e. The maximum atomic E-state index is 11.3. The quantitative estimate of drug-likeness (QED) is 0.854. The number of carbonyl (C=O) groups excluding carboxylic acids is 1. The van der Waals surface area contributed by atoms with Gasteiger partial charge >= 0.3 is 5.97 Å². The second kappa shape index (κ2) is 5.26. The second-order valence-electron chi connectivity index (χ2n) is 5.60. The summed E-state index contributed by atoms with van der Waals surface area (Å²) in [4.78, 5) is 16.1. The Morgan fingerprint density at radius 2 is 2.17 bits per heavy atom. The van der Waals surface area contributed by atoms with Crippen LogP contribution in [0.15, 0.2) is 6.20 Å². The molecule has 1 aromatic heterocycles. The molecule has 0 atom stereocenters. The summed E-state index contributed by atoms with van der Waals surface area (Å²) in [6.45, 7) is 4.64. The number of methoxy groups -OCH3 is 1. The lowest BCUT2D eigenvalue weighted by Gasteiger charge is -2.34. The number of anilines is 1. The number of nitrogens with one attached hydrogen (secondary N) is 1. The van der Waals surface area contributed by atoms with Crippen molar-refractivity contribution < 1.29 is 9.53 Å². The van der Waals surface area contributed by atoms with Crippen molar-refractivity contribution >= 4 is 22.4 Å². The minimum atomic E-state index is -0.315. The van der Waals surface area contributed by atoms with E-state index in [4.69, 9.17) is 0 Å². The van der Waals surface area contributed by atoms with Gasteiger partial charge in [-0.1, -0.05) is 25.2 Å². The summed E-state index contributed by atoms with van der Waals surface area (Å²) in [6, 6.07) is 0.481. The van der Waals surface area contributed by atoms with Crippen molar-refractivity contribution in [1.82, 2.24) is 4.98 Å². The number of nitrogens with zero attached hydrogens (tertiary/aromatic N) is 1. The molecule has 0 unspecified atom stereocenters. The average Bonchev–Trinajstić information content (AvgIpc) is 2.79. The Morgan fingerprint density at radius 3 is 2.78 bits per heavy atom. The van der Waals surface area contributed by atoms with Crippen molar-refractivity contribution in [2.45, 2.75) is 45.6 Å². The van der Waals surface area contributed by atoms with Crippen LogP contribution in [0.3, 0.4) is 0 Å². The summed E-state index contributed by atoms with van der Waals surface area (Å²) >= 11 is 1.36. The normalized spacial score (nSPS) is 19.5. The Bertz CT molecular complexity index is 418. The number of hydrogen-bond donors (Lipinski definition) is 1. The molecule has 1 aliphatic carbocycles. The molecule has 1 fully saturated rings. The maximum absolute atomic E-state index is 11.3. The molecule has 1 N–H and O–H groups in total. The van der Waals surface area contributed by atoms with Crippen molar-refractivity contribution in [2.24, 2.45) is 5.41 Å². The van der Waals surface area contributed by atoms with E-state index in [-0.39, 0.29) is 5.97 Å². The van der Waals surface area contributed by atoms with E-state index in [0.717, 1.165) is 5.13 Å². The molecule has 0 aromatic carbocycles. The molecule has 2 rings (SSSR count). The van der Waals surface area contributed by atoms with E-state index in [1.54, 1.807) is 6.20 Å². The lowest BCUT2D eigenvalue weighted by atomic mass is 9.76. The second-order valence-corrected chi connectivity index (χ2v) is 6.63. The first-order valence-corrected chi connectivity index (χ1v) is 7.12. The Balaban J connectivity index is 1.90. The van der Waals surface area contributed by atoms with Crippen LogP contribution in [0.5, 0.6) is 0 Å². The lowest BCUT2D eigenvalue weighted by Crippen LogP contribution is -2.29. The van der Waals surface area contributed by atoms with Crippen molar-refractivity contribution in [2.75, 3.05) is 12.4 Å². The molecule has 1 aliphatic rings. The number of rotatable bonds is 3. The van der Waals surface area contributed by atoms with E-state index >= 15 is 0 Å². The molecule has 18 heavy (non-hydrogen) atoms. The standard InChI is InChI=1S/C13H20N2O2S/c1-13(2)6-4-9(5-7-13)15-12-14-8-10(18-12)11(16)17-3/h8-9H,4-7H2,1-3H3,(H,14,15). The van der Waals surface area contributed by atoms with E-state index < -0.39 is 0 Å². The topological polar surface area (TPSA) is 51.2 Å². The van der Waals surface area contributed by atoms with Gasteiger partial charge in [-0.3, -0.25) is 0 Å². The minimum Gasteiger partial charge on any atom is -0.465 e. The highest BCUT2D eigenvalue weighted by atomic mass is 32.1. The van der Waals surface area contributed by atoms with Gasteiger partial charge in [0.2, 0.25) is 0 Å². The van der Waals surface area contributed by atoms with E-state index in [1.807, 2.05) is 0 Å². The van der Waals surface area contributed by atoms with Gasteiger partial charge in [0.15, 0.2) is 5.13 Å². The van der Waals surface area contributed by atoms with Gasteiger partial charge in [-0.05, 0) is 31.1 Å². The molecule has 1 saturated carbocycles. The Kier molecular flexibility index (Phi) is 3.90. The number of thiazole rings is 1. The number of esters is 1. The molecule has 0 saturated heterocycles. The van der Waals surface area contributed by atoms with Gasteiger partial charge in [0.25, 0.3) is 0 Å². The van der Waals surface area contributed by atoms with Crippen LogP contribution in [0.25, 0.3) is 0 Å². The van der Waals surface area contributed by atoms with Crippen LogP contribution < -0.4 is 5.32 Å². The highest BCUT2D eigenvalue weighted by Crippen LogP contribution is 2.36. The lowest BCUT2D eigenvalue weighted by molar-refractivity contribution is 0.0606. The van der Waals surface area contributed by atoms with E-state index in [0.29, 0.717) is 16.3 Å². The zero-order chi connectivity index (χ0) is 13.2. The summed E-state index contributed by atoms with van der Waals surface area (Å²) in [7, 11) is 1.39. The van der Waals surface area contributed by atoms with Crippen LogP contribution in [0.1, 0.15) is 49.2 Å². The van der Waals surface area contributed by atoms with Crippen LogP contribution in [0.2, 0.25) is 0 Å². The highest BCUT2D eigenvalue weighted by Gasteiger charge is 2.27. The van der Waals surface area contributed by atoms with Crippen molar-refractivity contribution in [3.8, 4) is 0 Å². The molecule has 1 aromatic rings. The zero-order valence-electron chi connectivity index (χ0n) is 11.2. The number of aromatic nitrogens is 1. The van der Waals surface area contributed by atoms with Gasteiger partial charge in [0.05, 0.1) is 13.3 Å². The molecule has 5 heteroatoms. The third-order valence-corrected chi connectivity index (χ3v) is 4.47. The summed E-state index contributed by atoms with van der Waals surface area (Å²) in [5.41, 5.74) is 0.470. The average molecular weight is 268 g/mol. The predicted molar refractivity (Wildman–Crippen MR) is 73.1 cm³/mol. The van der Waals surface area contributed by atoms with E-state index in [9.17, 15) is 4.79 Å². The molecule has 1 heterocycles. The molecule has 0 spiro atoms. The first-order chi connectivity index (χ1) is 8.50. The molecule has 4 nitrogen and oxygen atoms in total. The fourth-order valence-electron chi connectivity index (χ4n) is 2.25. The van der Waals surface area contributed by atoms with Crippen LogP contribution in [-0.4, -0.2) is 24.1 Å². The van der Waals surface area contributed by atoms with Crippen LogP contribution in [0.4, 0.5) is 5.13 Å². The Hall–Kier alpha value is -1.10. The van der Waals surface area contributed by atoms with Gasteiger partial charge in [-0.15, -0.1) is 0 Å².